The minimum absolute atomic E-state index is 0.124. The Morgan fingerprint density at radius 2 is 1.70 bits per heavy atom. The number of methoxy groups -OCH3 is 2. The summed E-state index contributed by atoms with van der Waals surface area (Å²) in [5.74, 6) is 0.853. The predicted molar refractivity (Wildman–Crippen MR) is 119 cm³/mol. The molecule has 0 bridgehead atoms. The molecule has 1 fully saturated rings. The summed E-state index contributed by atoms with van der Waals surface area (Å²) in [4.78, 5) is 15.5. The molecule has 5 nitrogen and oxygen atoms in total. The third-order valence-electron chi connectivity index (χ3n) is 5.87. The molecule has 0 radical (unpaired) electrons. The molecular weight excluding hydrogens is 376 g/mol. The second kappa shape index (κ2) is 9.18. The van der Waals surface area contributed by atoms with Crippen LogP contribution in [0.4, 0.5) is 0 Å². The van der Waals surface area contributed by atoms with Gasteiger partial charge in [-0.25, -0.2) is 0 Å². The van der Waals surface area contributed by atoms with Gasteiger partial charge in [0.15, 0.2) is 11.5 Å². The fourth-order valence-electron chi connectivity index (χ4n) is 4.38. The number of benzene rings is 3. The van der Waals surface area contributed by atoms with E-state index in [1.807, 2.05) is 0 Å². The fourth-order valence-corrected chi connectivity index (χ4v) is 4.38. The molecule has 0 saturated carbocycles. The molecule has 1 saturated heterocycles. The van der Waals surface area contributed by atoms with Crippen LogP contribution in [0.1, 0.15) is 34.8 Å². The highest BCUT2D eigenvalue weighted by atomic mass is 16.5. The SMILES string of the molecule is COc1cccc(C(=O)NCC(c2cccc3ccccc23)N2CCCC2)c1OC. The van der Waals surface area contributed by atoms with E-state index in [-0.39, 0.29) is 11.9 Å². The molecule has 1 unspecified atom stereocenters. The van der Waals surface area contributed by atoms with Crippen LogP contribution in [0.15, 0.2) is 60.7 Å². The van der Waals surface area contributed by atoms with Crippen LogP contribution in [-0.4, -0.2) is 44.7 Å². The molecule has 1 atom stereocenters. The number of carbonyl (C=O) groups excluding carboxylic acids is 1. The van der Waals surface area contributed by atoms with Crippen molar-refractivity contribution >= 4 is 16.7 Å². The van der Waals surface area contributed by atoms with Gasteiger partial charge in [0.05, 0.1) is 25.8 Å². The van der Waals surface area contributed by atoms with E-state index in [0.29, 0.717) is 23.6 Å². The van der Waals surface area contributed by atoms with Crippen LogP contribution >= 0.6 is 0 Å². The Morgan fingerprint density at radius 3 is 2.47 bits per heavy atom. The van der Waals surface area contributed by atoms with Gasteiger partial charge in [-0.15, -0.1) is 0 Å². The third-order valence-corrected chi connectivity index (χ3v) is 5.87. The van der Waals surface area contributed by atoms with Crippen molar-refractivity contribution < 1.29 is 14.3 Å². The van der Waals surface area contributed by atoms with Crippen molar-refractivity contribution in [1.82, 2.24) is 10.2 Å². The number of hydrogen-bond acceptors (Lipinski definition) is 4. The van der Waals surface area contributed by atoms with Crippen molar-refractivity contribution in [1.29, 1.82) is 0 Å². The van der Waals surface area contributed by atoms with Crippen LogP contribution in [0.3, 0.4) is 0 Å². The number of likely N-dealkylation sites (tertiary alicyclic amines) is 1. The molecule has 1 amide bonds. The van der Waals surface area contributed by atoms with E-state index in [1.165, 1.54) is 29.2 Å². The predicted octanol–water partition coefficient (Wildman–Crippen LogP) is 4.42. The maximum absolute atomic E-state index is 13.0. The third kappa shape index (κ3) is 3.98. The lowest BCUT2D eigenvalue weighted by Crippen LogP contribution is -2.37. The van der Waals surface area contributed by atoms with Crippen molar-refractivity contribution in [3.63, 3.8) is 0 Å². The molecule has 3 aromatic carbocycles. The molecule has 0 aromatic heterocycles. The van der Waals surface area contributed by atoms with Crippen LogP contribution in [-0.2, 0) is 0 Å². The van der Waals surface area contributed by atoms with Gasteiger partial charge in [0, 0.05) is 6.54 Å². The summed E-state index contributed by atoms with van der Waals surface area (Å²) >= 11 is 0. The fraction of sp³-hybridized carbons (Fsp3) is 0.320. The summed E-state index contributed by atoms with van der Waals surface area (Å²) in [6, 6.07) is 20.4. The minimum Gasteiger partial charge on any atom is -0.493 e. The van der Waals surface area contributed by atoms with Crippen molar-refractivity contribution in [2.75, 3.05) is 33.9 Å². The monoisotopic (exact) mass is 404 g/mol. The highest BCUT2D eigenvalue weighted by Gasteiger charge is 2.26. The highest BCUT2D eigenvalue weighted by Crippen LogP contribution is 2.32. The Labute approximate surface area is 177 Å². The summed E-state index contributed by atoms with van der Waals surface area (Å²) in [6.07, 6.45) is 2.39. The van der Waals surface area contributed by atoms with Crippen molar-refractivity contribution in [3.05, 3.63) is 71.8 Å². The number of rotatable bonds is 7. The molecule has 0 spiro atoms. The topological polar surface area (TPSA) is 50.8 Å². The molecule has 4 rings (SSSR count). The number of fused-ring (bicyclic) bond motifs is 1. The van der Waals surface area contributed by atoms with Crippen LogP contribution < -0.4 is 14.8 Å². The van der Waals surface area contributed by atoms with E-state index in [9.17, 15) is 4.79 Å². The molecular formula is C25H28N2O3. The van der Waals surface area contributed by atoms with Gasteiger partial charge in [0.1, 0.15) is 0 Å². The summed E-state index contributed by atoms with van der Waals surface area (Å²) in [5.41, 5.74) is 1.74. The maximum Gasteiger partial charge on any atom is 0.255 e. The molecule has 0 aliphatic carbocycles. The van der Waals surface area contributed by atoms with Gasteiger partial charge in [0.2, 0.25) is 0 Å². The van der Waals surface area contributed by atoms with E-state index in [4.69, 9.17) is 9.47 Å². The van der Waals surface area contributed by atoms with Crippen molar-refractivity contribution in [2.45, 2.75) is 18.9 Å². The standard InChI is InChI=1S/C25H28N2O3/c1-29-23-14-8-13-21(24(23)30-2)25(28)26-17-22(27-15-5-6-16-27)20-12-7-10-18-9-3-4-11-19(18)20/h3-4,7-14,22H,5-6,15-17H2,1-2H3,(H,26,28). The molecule has 30 heavy (non-hydrogen) atoms. The number of nitrogens with one attached hydrogen (secondary N) is 1. The lowest BCUT2D eigenvalue weighted by molar-refractivity contribution is 0.0934. The Bertz CT molecular complexity index is 1020. The first-order valence-electron chi connectivity index (χ1n) is 10.4. The smallest absolute Gasteiger partial charge is 0.255 e. The van der Waals surface area contributed by atoms with Crippen LogP contribution in [0.5, 0.6) is 11.5 Å². The summed E-state index contributed by atoms with van der Waals surface area (Å²) < 4.78 is 10.8. The normalized spacial score (nSPS) is 15.1. The van der Waals surface area contributed by atoms with Crippen molar-refractivity contribution in [2.24, 2.45) is 0 Å². The number of amides is 1. The van der Waals surface area contributed by atoms with Gasteiger partial charge in [-0.05, 0) is 54.4 Å². The molecule has 1 heterocycles. The van der Waals surface area contributed by atoms with Gasteiger partial charge < -0.3 is 14.8 Å². The zero-order chi connectivity index (χ0) is 20.9. The zero-order valence-electron chi connectivity index (χ0n) is 17.6. The van der Waals surface area contributed by atoms with E-state index >= 15 is 0 Å². The zero-order valence-corrected chi connectivity index (χ0v) is 17.6. The van der Waals surface area contributed by atoms with Gasteiger partial charge in [-0.2, -0.15) is 0 Å². The quantitative estimate of drug-likeness (QED) is 0.633. The minimum atomic E-state index is -0.157. The Morgan fingerprint density at radius 1 is 0.967 bits per heavy atom. The Kier molecular flexibility index (Phi) is 6.19. The molecule has 3 aromatic rings. The van der Waals surface area contributed by atoms with Crippen LogP contribution in [0.25, 0.3) is 10.8 Å². The number of nitrogens with zero attached hydrogens (tertiary/aromatic N) is 1. The average molecular weight is 405 g/mol. The summed E-state index contributed by atoms with van der Waals surface area (Å²) in [5, 5.41) is 5.61. The lowest BCUT2D eigenvalue weighted by atomic mass is 9.97. The second-order valence-electron chi connectivity index (χ2n) is 7.58. The van der Waals surface area contributed by atoms with Crippen molar-refractivity contribution in [3.8, 4) is 11.5 Å². The first-order valence-corrected chi connectivity index (χ1v) is 10.4. The van der Waals surface area contributed by atoms with Crippen LogP contribution in [0.2, 0.25) is 0 Å². The molecule has 1 N–H and O–H groups in total. The largest absolute Gasteiger partial charge is 0.493 e. The highest BCUT2D eigenvalue weighted by molar-refractivity contribution is 5.98. The molecule has 1 aliphatic rings. The van der Waals surface area contributed by atoms with Gasteiger partial charge in [-0.1, -0.05) is 48.5 Å². The van der Waals surface area contributed by atoms with E-state index in [1.54, 1.807) is 32.4 Å². The lowest BCUT2D eigenvalue weighted by Gasteiger charge is -2.29. The first kappa shape index (κ1) is 20.2. The second-order valence-corrected chi connectivity index (χ2v) is 7.58. The first-order chi connectivity index (χ1) is 14.7. The van der Waals surface area contributed by atoms with E-state index < -0.39 is 0 Å². The Hall–Kier alpha value is -3.05. The summed E-state index contributed by atoms with van der Waals surface area (Å²) in [7, 11) is 3.13. The van der Waals surface area contributed by atoms with Gasteiger partial charge >= 0.3 is 0 Å². The molecule has 156 valence electrons. The maximum atomic E-state index is 13.0. The van der Waals surface area contributed by atoms with E-state index in [2.05, 4.69) is 52.7 Å². The molecule has 1 aliphatic heterocycles. The number of carbonyl (C=O) groups is 1. The van der Waals surface area contributed by atoms with Gasteiger partial charge in [0.25, 0.3) is 5.91 Å². The Balaban J connectivity index is 1.62. The average Bonchev–Trinajstić information content (AvgIpc) is 3.33. The molecule has 5 heteroatoms. The number of ether oxygens (including phenoxy) is 2. The summed E-state index contributed by atoms with van der Waals surface area (Å²) in [6.45, 7) is 2.63. The number of hydrogen-bond donors (Lipinski definition) is 1. The number of para-hydroxylation sites is 1. The van der Waals surface area contributed by atoms with Crippen LogP contribution in [0, 0.1) is 0 Å². The van der Waals surface area contributed by atoms with E-state index in [0.717, 1.165) is 13.1 Å². The van der Waals surface area contributed by atoms with Gasteiger partial charge in [-0.3, -0.25) is 9.69 Å².